The summed E-state index contributed by atoms with van der Waals surface area (Å²) in [7, 11) is 0. The number of aryl methyl sites for hydroxylation is 1. The zero-order valence-corrected chi connectivity index (χ0v) is 14.5. The second-order valence-electron chi connectivity index (χ2n) is 6.17. The van der Waals surface area contributed by atoms with Crippen molar-refractivity contribution >= 4 is 24.1 Å². The van der Waals surface area contributed by atoms with Gasteiger partial charge < -0.3 is 11.1 Å². The van der Waals surface area contributed by atoms with Crippen LogP contribution in [0.4, 0.5) is 10.2 Å². The molecule has 0 unspecified atom stereocenters. The van der Waals surface area contributed by atoms with Crippen molar-refractivity contribution in [2.45, 2.75) is 32.7 Å². The van der Waals surface area contributed by atoms with Crippen LogP contribution in [0.1, 0.15) is 36.9 Å². The van der Waals surface area contributed by atoms with Gasteiger partial charge in [0.1, 0.15) is 11.6 Å². The lowest BCUT2D eigenvalue weighted by Gasteiger charge is -2.13. The molecule has 1 aromatic carbocycles. The molecule has 0 bridgehead atoms. The minimum atomic E-state index is -0.414. The second kappa shape index (κ2) is 7.28. The van der Waals surface area contributed by atoms with Crippen LogP contribution in [0.5, 0.6) is 0 Å². The summed E-state index contributed by atoms with van der Waals surface area (Å²) in [5, 5.41) is 2.75. The number of nitrogens with two attached hydrogens (primary N) is 1. The number of hydrogen-bond donors (Lipinski definition) is 2. The average molecular weight is 350 g/mol. The maximum absolute atomic E-state index is 14.2. The highest BCUT2D eigenvalue weighted by Gasteiger charge is 2.29. The molecule has 1 amide bonds. The highest BCUT2D eigenvalue weighted by molar-refractivity contribution is 5.93. The lowest BCUT2D eigenvalue weighted by atomic mass is 9.97. The van der Waals surface area contributed by atoms with Gasteiger partial charge in [-0.25, -0.2) is 9.37 Å². The van der Waals surface area contributed by atoms with Crippen molar-refractivity contribution in [1.29, 1.82) is 0 Å². The Kier molecular flexibility index (Phi) is 5.57. The molecule has 1 aliphatic rings. The molecule has 1 saturated carbocycles. The van der Waals surface area contributed by atoms with E-state index in [1.807, 2.05) is 32.0 Å². The normalized spacial score (nSPS) is 14.7. The number of aromatic nitrogens is 1. The number of carbonyl (C=O) groups is 1. The number of nitrogens with one attached hydrogen (secondary N) is 1. The third-order valence-electron chi connectivity index (χ3n) is 4.13. The third-order valence-corrected chi connectivity index (χ3v) is 4.13. The van der Waals surface area contributed by atoms with Crippen LogP contribution < -0.4 is 11.1 Å². The summed E-state index contributed by atoms with van der Waals surface area (Å²) in [5.74, 6) is 0.00556. The SMILES string of the molecule is Cc1cc(-c2cc(NC(=O)C3CC3)ncc2F)ccc1[C@@H](C)N.Cl. The van der Waals surface area contributed by atoms with Crippen LogP contribution >= 0.6 is 12.4 Å². The van der Waals surface area contributed by atoms with E-state index in [1.165, 1.54) is 0 Å². The monoisotopic (exact) mass is 349 g/mol. The number of hydrogen-bond acceptors (Lipinski definition) is 3. The van der Waals surface area contributed by atoms with Gasteiger partial charge in [0.2, 0.25) is 5.91 Å². The standard InChI is InChI=1S/C18H20FN3O.ClH/c1-10-7-13(5-6-14(10)11(2)20)15-8-17(21-9-16(15)19)22-18(23)12-3-4-12;/h5-9,11-12H,3-4,20H2,1-2H3,(H,21,22,23);1H/t11-;/m1./s1. The van der Waals surface area contributed by atoms with Crippen molar-refractivity contribution in [2.75, 3.05) is 5.32 Å². The molecule has 3 N–H and O–H groups in total. The fraction of sp³-hybridized carbons (Fsp3) is 0.333. The molecule has 1 heterocycles. The molecule has 6 heteroatoms. The first kappa shape index (κ1) is 18.4. The Morgan fingerprint density at radius 2 is 2.08 bits per heavy atom. The first-order valence-corrected chi connectivity index (χ1v) is 7.78. The minimum Gasteiger partial charge on any atom is -0.324 e. The summed E-state index contributed by atoms with van der Waals surface area (Å²) < 4.78 is 14.2. The molecule has 1 atom stereocenters. The third kappa shape index (κ3) is 3.91. The molecule has 1 aromatic heterocycles. The van der Waals surface area contributed by atoms with Crippen LogP contribution in [0.15, 0.2) is 30.5 Å². The Morgan fingerprint density at radius 1 is 1.38 bits per heavy atom. The Morgan fingerprint density at radius 3 is 2.67 bits per heavy atom. The van der Waals surface area contributed by atoms with Crippen molar-refractivity contribution in [2.24, 2.45) is 11.7 Å². The Bertz CT molecular complexity index is 760. The number of halogens is 2. The molecular weight excluding hydrogens is 329 g/mol. The van der Waals surface area contributed by atoms with Crippen LogP contribution in [-0.4, -0.2) is 10.9 Å². The van der Waals surface area contributed by atoms with Crippen LogP contribution in [-0.2, 0) is 4.79 Å². The minimum absolute atomic E-state index is 0. The van der Waals surface area contributed by atoms with E-state index in [0.717, 1.165) is 35.7 Å². The predicted molar refractivity (Wildman–Crippen MR) is 95.6 cm³/mol. The van der Waals surface area contributed by atoms with Gasteiger partial charge in [-0.05, 0) is 49.4 Å². The van der Waals surface area contributed by atoms with Crippen molar-refractivity contribution in [3.05, 3.63) is 47.4 Å². The molecule has 2 aromatic rings. The lowest BCUT2D eigenvalue weighted by Crippen LogP contribution is -2.14. The molecule has 0 aliphatic heterocycles. The van der Waals surface area contributed by atoms with E-state index in [4.69, 9.17) is 5.73 Å². The van der Waals surface area contributed by atoms with E-state index in [-0.39, 0.29) is 30.3 Å². The van der Waals surface area contributed by atoms with Crippen molar-refractivity contribution in [3.63, 3.8) is 0 Å². The summed E-state index contributed by atoms with van der Waals surface area (Å²) in [4.78, 5) is 15.8. The zero-order chi connectivity index (χ0) is 16.6. The summed E-state index contributed by atoms with van der Waals surface area (Å²) in [5.41, 5.74) is 9.12. The molecular formula is C18H21ClFN3O. The van der Waals surface area contributed by atoms with Crippen LogP contribution in [0.3, 0.4) is 0 Å². The van der Waals surface area contributed by atoms with Gasteiger partial charge in [-0.2, -0.15) is 0 Å². The molecule has 24 heavy (non-hydrogen) atoms. The smallest absolute Gasteiger partial charge is 0.228 e. The van der Waals surface area contributed by atoms with Gasteiger partial charge in [0.05, 0.1) is 6.20 Å². The summed E-state index contributed by atoms with van der Waals surface area (Å²) in [6.07, 6.45) is 2.97. The van der Waals surface area contributed by atoms with Crippen LogP contribution in [0.25, 0.3) is 11.1 Å². The second-order valence-corrected chi connectivity index (χ2v) is 6.17. The zero-order valence-electron chi connectivity index (χ0n) is 13.7. The number of nitrogens with zero attached hydrogens (tertiary/aromatic N) is 1. The van der Waals surface area contributed by atoms with Crippen molar-refractivity contribution in [3.8, 4) is 11.1 Å². The molecule has 128 valence electrons. The first-order valence-electron chi connectivity index (χ1n) is 7.78. The molecule has 3 rings (SSSR count). The number of amides is 1. The highest BCUT2D eigenvalue weighted by atomic mass is 35.5. The summed E-state index contributed by atoms with van der Waals surface area (Å²) in [6.45, 7) is 3.87. The number of rotatable bonds is 4. The van der Waals surface area contributed by atoms with E-state index in [0.29, 0.717) is 11.4 Å². The van der Waals surface area contributed by atoms with E-state index in [1.54, 1.807) is 6.07 Å². The van der Waals surface area contributed by atoms with E-state index in [2.05, 4.69) is 10.3 Å². The van der Waals surface area contributed by atoms with Gasteiger partial charge in [0.25, 0.3) is 0 Å². The maximum Gasteiger partial charge on any atom is 0.228 e. The molecule has 4 nitrogen and oxygen atoms in total. The van der Waals surface area contributed by atoms with Gasteiger partial charge in [-0.1, -0.05) is 18.2 Å². The van der Waals surface area contributed by atoms with Gasteiger partial charge in [-0.3, -0.25) is 4.79 Å². The molecule has 0 saturated heterocycles. The van der Waals surface area contributed by atoms with E-state index in [9.17, 15) is 9.18 Å². The molecule has 1 aliphatic carbocycles. The van der Waals surface area contributed by atoms with Crippen molar-refractivity contribution < 1.29 is 9.18 Å². The Labute approximate surface area is 147 Å². The molecule has 0 radical (unpaired) electrons. The Hall–Kier alpha value is -1.98. The van der Waals surface area contributed by atoms with Gasteiger partial charge in [0, 0.05) is 17.5 Å². The topological polar surface area (TPSA) is 68.0 Å². The first-order chi connectivity index (χ1) is 11.0. The number of benzene rings is 1. The van der Waals surface area contributed by atoms with Crippen LogP contribution in [0, 0.1) is 18.7 Å². The molecule has 1 fully saturated rings. The van der Waals surface area contributed by atoms with E-state index < -0.39 is 5.82 Å². The van der Waals surface area contributed by atoms with Gasteiger partial charge in [0.15, 0.2) is 0 Å². The Balaban J connectivity index is 0.00000208. The van der Waals surface area contributed by atoms with Gasteiger partial charge in [-0.15, -0.1) is 12.4 Å². The summed E-state index contributed by atoms with van der Waals surface area (Å²) >= 11 is 0. The molecule has 0 spiro atoms. The number of pyridine rings is 1. The highest BCUT2D eigenvalue weighted by Crippen LogP contribution is 2.31. The predicted octanol–water partition coefficient (Wildman–Crippen LogP) is 3.99. The lowest BCUT2D eigenvalue weighted by molar-refractivity contribution is -0.117. The van der Waals surface area contributed by atoms with Crippen LogP contribution in [0.2, 0.25) is 0 Å². The number of carbonyl (C=O) groups excluding carboxylic acids is 1. The average Bonchev–Trinajstić information content (AvgIpc) is 3.33. The quantitative estimate of drug-likeness (QED) is 0.877. The fourth-order valence-corrected chi connectivity index (χ4v) is 2.66. The fourth-order valence-electron chi connectivity index (χ4n) is 2.66. The number of anilines is 1. The largest absolute Gasteiger partial charge is 0.324 e. The van der Waals surface area contributed by atoms with Gasteiger partial charge >= 0.3 is 0 Å². The maximum atomic E-state index is 14.2. The summed E-state index contributed by atoms with van der Waals surface area (Å²) in [6, 6.07) is 7.17. The van der Waals surface area contributed by atoms with E-state index >= 15 is 0 Å². The van der Waals surface area contributed by atoms with Crippen molar-refractivity contribution in [1.82, 2.24) is 4.98 Å².